The Labute approximate surface area is 115 Å². The summed E-state index contributed by atoms with van der Waals surface area (Å²) in [6.45, 7) is 7.83. The molecule has 0 saturated heterocycles. The zero-order valence-electron chi connectivity index (χ0n) is 11.1. The van der Waals surface area contributed by atoms with Gasteiger partial charge in [0, 0.05) is 0 Å². The molecule has 0 aromatic carbocycles. The summed E-state index contributed by atoms with van der Waals surface area (Å²) < 4.78 is 0. The van der Waals surface area contributed by atoms with E-state index >= 15 is 0 Å². The Kier molecular flexibility index (Phi) is 18.0. The third kappa shape index (κ3) is 14.3. The Morgan fingerprint density at radius 3 is 1.94 bits per heavy atom. The van der Waals surface area contributed by atoms with Crippen LogP contribution < -0.4 is 0 Å². The van der Waals surface area contributed by atoms with Crippen molar-refractivity contribution < 1.29 is 9.90 Å². The first-order chi connectivity index (χ1) is 6.92. The predicted molar refractivity (Wildman–Crippen MR) is 73.7 cm³/mol. The van der Waals surface area contributed by atoms with Crippen molar-refractivity contribution in [1.29, 1.82) is 0 Å². The summed E-state index contributed by atoms with van der Waals surface area (Å²) in [5.41, 5.74) is -0.534. The summed E-state index contributed by atoms with van der Waals surface area (Å²) in [6.07, 6.45) is 5.41. The van der Waals surface area contributed by atoms with Gasteiger partial charge in [0.1, 0.15) is 16.3 Å². The molecule has 2 radical (unpaired) electrons. The van der Waals surface area contributed by atoms with Crippen molar-refractivity contribution in [2.75, 3.05) is 0 Å². The first-order valence-corrected chi connectivity index (χ1v) is 6.67. The van der Waals surface area contributed by atoms with E-state index in [1.807, 2.05) is 0 Å². The third-order valence-corrected chi connectivity index (χ3v) is 2.23. The lowest BCUT2D eigenvalue weighted by Gasteiger charge is -2.18. The topological polar surface area (TPSA) is 37.3 Å². The Morgan fingerprint density at radius 1 is 1.19 bits per heavy atom. The molecule has 0 rings (SSSR count). The summed E-state index contributed by atoms with van der Waals surface area (Å²) in [5, 5.41) is 9.96. The van der Waals surface area contributed by atoms with Crippen LogP contribution in [0.15, 0.2) is 0 Å². The molecule has 0 saturated carbocycles. The van der Waals surface area contributed by atoms with E-state index in [9.17, 15) is 4.79 Å². The van der Waals surface area contributed by atoms with Crippen molar-refractivity contribution in [3.63, 3.8) is 0 Å². The van der Waals surface area contributed by atoms with Gasteiger partial charge in [-0.15, -0.1) is 17.7 Å². The molecule has 2 nitrogen and oxygen atoms in total. The van der Waals surface area contributed by atoms with Crippen molar-refractivity contribution in [2.24, 2.45) is 5.41 Å². The van der Waals surface area contributed by atoms with Crippen LogP contribution in [0.4, 0.5) is 0 Å². The van der Waals surface area contributed by atoms with Gasteiger partial charge in [0.05, 0.1) is 5.41 Å². The molecule has 0 heterocycles. The highest BCUT2D eigenvalue weighted by molar-refractivity contribution is 6.08. The second-order valence-electron chi connectivity index (χ2n) is 4.41. The maximum absolute atomic E-state index is 10.7. The molecular formula is C12H26AlClO2. The van der Waals surface area contributed by atoms with Gasteiger partial charge in [0.15, 0.2) is 0 Å². The van der Waals surface area contributed by atoms with E-state index < -0.39 is 11.4 Å². The van der Waals surface area contributed by atoms with Crippen LogP contribution in [0, 0.1) is 5.41 Å². The fourth-order valence-corrected chi connectivity index (χ4v) is 1.10. The quantitative estimate of drug-likeness (QED) is 0.580. The summed E-state index contributed by atoms with van der Waals surface area (Å²) >= 11 is 2.58. The first kappa shape index (κ1) is 21.6. The van der Waals surface area contributed by atoms with Crippen molar-refractivity contribution in [2.45, 2.75) is 65.1 Å². The summed E-state index contributed by atoms with van der Waals surface area (Å²) in [4.78, 5) is 10.7. The number of halogens is 1. The molecule has 0 amide bonds. The minimum atomic E-state index is -0.681. The van der Waals surface area contributed by atoms with E-state index in [0.717, 1.165) is 19.3 Å². The average Bonchev–Trinajstić information content (AvgIpc) is 2.13. The first-order valence-electron chi connectivity index (χ1n) is 5.85. The largest absolute Gasteiger partial charge is 0.481 e. The highest BCUT2D eigenvalue weighted by Crippen LogP contribution is 2.23. The van der Waals surface area contributed by atoms with Gasteiger partial charge < -0.3 is 5.11 Å². The van der Waals surface area contributed by atoms with Crippen LogP contribution in [0.3, 0.4) is 0 Å². The molecule has 0 fully saturated rings. The van der Waals surface area contributed by atoms with Gasteiger partial charge in [-0.3, -0.25) is 4.79 Å². The fourth-order valence-electron chi connectivity index (χ4n) is 1.10. The van der Waals surface area contributed by atoms with Crippen LogP contribution >= 0.6 is 12.4 Å². The number of rotatable bonds is 6. The van der Waals surface area contributed by atoms with Gasteiger partial charge in [-0.1, -0.05) is 39.5 Å². The van der Waals surface area contributed by atoms with E-state index in [1.165, 1.54) is 18.1 Å². The Hall–Kier alpha value is 0.292. The standard InChI is InChI=1S/C10H20O2.C2H5.Al.ClH/c1-4-5-6-7-8-10(2,3)9(11)12;1-2;;/h4-8H2,1-3H3,(H,11,12);1H2,2H3;;1H. The molecule has 0 aromatic heterocycles. The van der Waals surface area contributed by atoms with E-state index in [2.05, 4.69) is 30.1 Å². The van der Waals surface area contributed by atoms with Crippen molar-refractivity contribution in [3.05, 3.63) is 0 Å². The van der Waals surface area contributed by atoms with Gasteiger partial charge in [-0.2, -0.15) is 0 Å². The van der Waals surface area contributed by atoms with E-state index in [4.69, 9.17) is 5.11 Å². The summed E-state index contributed by atoms with van der Waals surface area (Å²) in [5.74, 6) is -0.681. The van der Waals surface area contributed by atoms with Gasteiger partial charge in [-0.05, 0) is 20.3 Å². The number of hydrogen-bond acceptors (Lipinski definition) is 1. The minimum absolute atomic E-state index is 0. The Bertz CT molecular complexity index is 161. The molecule has 4 heteroatoms. The Morgan fingerprint density at radius 2 is 1.62 bits per heavy atom. The van der Waals surface area contributed by atoms with Gasteiger partial charge >= 0.3 is 5.97 Å². The van der Waals surface area contributed by atoms with E-state index in [0.29, 0.717) is 0 Å². The summed E-state index contributed by atoms with van der Waals surface area (Å²) in [7, 11) is 0. The SMILES string of the molecule is CCCCCCC(C)(C)C(=O)O.C[CH2][Al].Cl. The van der Waals surface area contributed by atoms with E-state index in [-0.39, 0.29) is 12.4 Å². The molecule has 1 N–H and O–H groups in total. The molecule has 0 aromatic rings. The lowest BCUT2D eigenvalue weighted by atomic mass is 9.87. The molecule has 0 atom stereocenters. The molecular weight excluding hydrogens is 239 g/mol. The number of hydrogen-bond donors (Lipinski definition) is 1. The van der Waals surface area contributed by atoms with Gasteiger partial charge in [-0.25, -0.2) is 0 Å². The van der Waals surface area contributed by atoms with Gasteiger partial charge in [0.25, 0.3) is 0 Å². The van der Waals surface area contributed by atoms with Crippen LogP contribution in [-0.2, 0) is 4.79 Å². The van der Waals surface area contributed by atoms with Crippen LogP contribution in [-0.4, -0.2) is 27.4 Å². The average molecular weight is 265 g/mol. The number of carbonyl (C=O) groups is 1. The van der Waals surface area contributed by atoms with Crippen LogP contribution in [0.25, 0.3) is 0 Å². The number of unbranched alkanes of at least 4 members (excludes halogenated alkanes) is 3. The van der Waals surface area contributed by atoms with Crippen LogP contribution in [0.1, 0.15) is 59.8 Å². The molecule has 0 spiro atoms. The zero-order chi connectivity index (χ0) is 12.3. The normalized spacial score (nSPS) is 9.75. The smallest absolute Gasteiger partial charge is 0.309 e. The number of aliphatic carboxylic acids is 1. The second-order valence-corrected chi connectivity index (χ2v) is 5.22. The second kappa shape index (κ2) is 13.4. The summed E-state index contributed by atoms with van der Waals surface area (Å²) in [6, 6.07) is 0. The van der Waals surface area contributed by atoms with Gasteiger partial charge in [0.2, 0.25) is 0 Å². The monoisotopic (exact) mass is 264 g/mol. The minimum Gasteiger partial charge on any atom is -0.481 e. The highest BCUT2D eigenvalue weighted by Gasteiger charge is 2.25. The molecule has 0 aliphatic carbocycles. The zero-order valence-corrected chi connectivity index (χ0v) is 13.1. The molecule has 96 valence electrons. The molecule has 0 aliphatic heterocycles. The third-order valence-electron chi connectivity index (χ3n) is 2.23. The lowest BCUT2D eigenvalue weighted by molar-refractivity contribution is -0.147. The predicted octanol–water partition coefficient (Wildman–Crippen LogP) is 4.08. The van der Waals surface area contributed by atoms with Crippen LogP contribution in [0.2, 0.25) is 5.28 Å². The number of carboxylic acid groups (broad SMARTS) is 1. The van der Waals surface area contributed by atoms with E-state index in [1.54, 1.807) is 13.8 Å². The lowest BCUT2D eigenvalue weighted by Crippen LogP contribution is -2.23. The Balaban J connectivity index is -0.000000377. The number of carboxylic acids is 1. The van der Waals surface area contributed by atoms with Crippen molar-refractivity contribution in [3.8, 4) is 0 Å². The highest BCUT2D eigenvalue weighted by atomic mass is 35.5. The maximum atomic E-state index is 10.7. The van der Waals surface area contributed by atoms with Crippen LogP contribution in [0.5, 0.6) is 0 Å². The van der Waals surface area contributed by atoms with Crippen molar-refractivity contribution >= 4 is 34.7 Å². The molecule has 16 heavy (non-hydrogen) atoms. The van der Waals surface area contributed by atoms with Crippen molar-refractivity contribution in [1.82, 2.24) is 0 Å². The molecule has 0 unspecified atom stereocenters. The molecule has 0 aliphatic rings. The maximum Gasteiger partial charge on any atom is 0.309 e. The fraction of sp³-hybridized carbons (Fsp3) is 0.917. The molecule has 0 bridgehead atoms.